The van der Waals surface area contributed by atoms with Gasteiger partial charge in [-0.05, 0) is 32.4 Å². The van der Waals surface area contributed by atoms with Gasteiger partial charge in [-0.25, -0.2) is 8.42 Å². The van der Waals surface area contributed by atoms with Gasteiger partial charge in [0.05, 0.1) is 13.2 Å². The third-order valence-electron chi connectivity index (χ3n) is 4.35. The highest BCUT2D eigenvalue weighted by Gasteiger charge is 2.51. The summed E-state index contributed by atoms with van der Waals surface area (Å²) < 4.78 is 37.5. The first-order valence-electron chi connectivity index (χ1n) is 7.73. The first-order chi connectivity index (χ1) is 10.7. The number of sulfonamides is 1. The van der Waals surface area contributed by atoms with Crippen LogP contribution in [0, 0.1) is 12.3 Å². The summed E-state index contributed by atoms with van der Waals surface area (Å²) in [4.78, 5) is 0. The normalized spacial score (nSPS) is 24.0. The maximum absolute atomic E-state index is 12.4. The van der Waals surface area contributed by atoms with Crippen LogP contribution in [-0.4, -0.2) is 44.8 Å². The van der Waals surface area contributed by atoms with Crippen molar-refractivity contribution in [3.05, 3.63) is 40.8 Å². The molecule has 0 radical (unpaired) electrons. The van der Waals surface area contributed by atoms with E-state index in [2.05, 4.69) is 0 Å². The molecule has 0 amide bonds. The van der Waals surface area contributed by atoms with Crippen LogP contribution in [0.25, 0.3) is 6.08 Å². The van der Waals surface area contributed by atoms with Gasteiger partial charge < -0.3 is 9.47 Å². The van der Waals surface area contributed by atoms with Crippen molar-refractivity contribution in [1.82, 2.24) is 4.31 Å². The highest BCUT2D eigenvalue weighted by molar-refractivity contribution is 7.92. The summed E-state index contributed by atoms with van der Waals surface area (Å²) in [6.07, 6.45) is 1.64. The van der Waals surface area contributed by atoms with Crippen LogP contribution in [0.4, 0.5) is 0 Å². The van der Waals surface area contributed by atoms with Gasteiger partial charge in [0.15, 0.2) is 5.79 Å². The van der Waals surface area contributed by atoms with Crippen LogP contribution in [0.2, 0.25) is 0 Å². The average Bonchev–Trinajstić information content (AvgIpc) is 2.45. The number of aryl methyl sites for hydroxylation is 1. The molecule has 23 heavy (non-hydrogen) atoms. The molecule has 2 saturated heterocycles. The number of benzene rings is 1. The maximum atomic E-state index is 12.4. The van der Waals surface area contributed by atoms with E-state index in [4.69, 9.17) is 9.47 Å². The Hall–Kier alpha value is -1.21. The minimum absolute atomic E-state index is 0.194. The fourth-order valence-corrected chi connectivity index (χ4v) is 4.14. The van der Waals surface area contributed by atoms with E-state index in [1.807, 2.05) is 45.0 Å². The molecule has 0 aromatic heterocycles. The van der Waals surface area contributed by atoms with E-state index in [1.54, 1.807) is 6.08 Å². The number of hydrogen-bond donors (Lipinski definition) is 0. The molecule has 5 nitrogen and oxygen atoms in total. The van der Waals surface area contributed by atoms with E-state index in [0.29, 0.717) is 26.3 Å². The summed E-state index contributed by atoms with van der Waals surface area (Å²) in [5.74, 6) is -0.574. The summed E-state index contributed by atoms with van der Waals surface area (Å²) in [6.45, 7) is 7.71. The van der Waals surface area contributed by atoms with Gasteiger partial charge >= 0.3 is 0 Å². The lowest BCUT2D eigenvalue weighted by Gasteiger charge is -2.52. The number of rotatable bonds is 3. The van der Waals surface area contributed by atoms with E-state index in [-0.39, 0.29) is 5.41 Å². The van der Waals surface area contributed by atoms with Crippen molar-refractivity contribution in [3.63, 3.8) is 0 Å². The molecule has 0 atom stereocenters. The van der Waals surface area contributed by atoms with Gasteiger partial charge in [0.1, 0.15) is 0 Å². The van der Waals surface area contributed by atoms with Gasteiger partial charge in [-0.1, -0.05) is 29.8 Å². The molecule has 0 saturated carbocycles. The van der Waals surface area contributed by atoms with E-state index >= 15 is 0 Å². The average molecular weight is 337 g/mol. The van der Waals surface area contributed by atoms with Gasteiger partial charge in [-0.15, -0.1) is 0 Å². The lowest BCUT2D eigenvalue weighted by molar-refractivity contribution is -0.299. The van der Waals surface area contributed by atoms with Crippen molar-refractivity contribution >= 4 is 16.1 Å². The predicted octanol–water partition coefficient (Wildman–Crippen LogP) is 2.38. The van der Waals surface area contributed by atoms with E-state index in [9.17, 15) is 8.42 Å². The Morgan fingerprint density at radius 1 is 1.09 bits per heavy atom. The zero-order valence-electron chi connectivity index (χ0n) is 13.8. The monoisotopic (exact) mass is 337 g/mol. The summed E-state index contributed by atoms with van der Waals surface area (Å²) >= 11 is 0. The van der Waals surface area contributed by atoms with E-state index < -0.39 is 15.8 Å². The lowest BCUT2D eigenvalue weighted by Crippen LogP contribution is -2.65. The second kappa shape index (κ2) is 5.70. The summed E-state index contributed by atoms with van der Waals surface area (Å²) in [6, 6.07) is 7.74. The minimum Gasteiger partial charge on any atom is -0.350 e. The van der Waals surface area contributed by atoms with Gasteiger partial charge in [-0.2, -0.15) is 4.31 Å². The molecule has 2 aliphatic heterocycles. The molecular formula is C17H23NO4S. The maximum Gasteiger partial charge on any atom is 0.236 e. The quantitative estimate of drug-likeness (QED) is 0.850. The van der Waals surface area contributed by atoms with E-state index in [1.165, 1.54) is 9.71 Å². The topological polar surface area (TPSA) is 55.8 Å². The van der Waals surface area contributed by atoms with Crippen LogP contribution in [0.15, 0.2) is 29.7 Å². The number of hydrogen-bond acceptors (Lipinski definition) is 4. The number of nitrogens with zero attached hydrogens (tertiary/aromatic N) is 1. The van der Waals surface area contributed by atoms with Crippen LogP contribution < -0.4 is 0 Å². The second-order valence-electron chi connectivity index (χ2n) is 7.00. The third-order valence-corrected chi connectivity index (χ3v) is 5.80. The third kappa shape index (κ3) is 3.66. The molecule has 0 N–H and O–H groups in total. The van der Waals surface area contributed by atoms with Crippen LogP contribution in [0.1, 0.15) is 25.0 Å². The Balaban J connectivity index is 1.61. The first-order valence-corrected chi connectivity index (χ1v) is 9.23. The molecule has 0 bridgehead atoms. The van der Waals surface area contributed by atoms with Crippen molar-refractivity contribution in [3.8, 4) is 0 Å². The Morgan fingerprint density at radius 3 is 2.22 bits per heavy atom. The SMILES string of the molecule is Cc1ccc(C=CS(=O)(=O)N2CC3(COC(C)(C)OC3)C2)cc1. The van der Waals surface area contributed by atoms with Gasteiger partial charge in [-0.3, -0.25) is 0 Å². The fraction of sp³-hybridized carbons (Fsp3) is 0.529. The second-order valence-corrected chi connectivity index (χ2v) is 8.82. The highest BCUT2D eigenvalue weighted by Crippen LogP contribution is 2.39. The molecule has 2 aliphatic rings. The van der Waals surface area contributed by atoms with Crippen molar-refractivity contribution in [2.45, 2.75) is 26.6 Å². The first kappa shape index (κ1) is 16.6. The zero-order valence-corrected chi connectivity index (χ0v) is 14.6. The molecule has 126 valence electrons. The Bertz CT molecular complexity index is 689. The smallest absolute Gasteiger partial charge is 0.236 e. The molecule has 1 spiro atoms. The highest BCUT2D eigenvalue weighted by atomic mass is 32.2. The predicted molar refractivity (Wildman–Crippen MR) is 89.1 cm³/mol. The van der Waals surface area contributed by atoms with E-state index in [0.717, 1.165) is 11.1 Å². The van der Waals surface area contributed by atoms with Gasteiger partial charge in [0.25, 0.3) is 0 Å². The Kier molecular flexibility index (Phi) is 4.13. The molecule has 0 aliphatic carbocycles. The Morgan fingerprint density at radius 2 is 1.65 bits per heavy atom. The van der Waals surface area contributed by atoms with Crippen molar-refractivity contribution < 1.29 is 17.9 Å². The molecule has 0 unspecified atom stereocenters. The molecule has 6 heteroatoms. The number of ether oxygens (including phenoxy) is 2. The Labute approximate surface area is 137 Å². The van der Waals surface area contributed by atoms with Crippen LogP contribution in [-0.2, 0) is 19.5 Å². The summed E-state index contributed by atoms with van der Waals surface area (Å²) in [5, 5.41) is 1.28. The summed E-state index contributed by atoms with van der Waals surface area (Å²) in [5.41, 5.74) is 1.83. The fourth-order valence-electron chi connectivity index (χ4n) is 2.73. The molecule has 1 aromatic carbocycles. The molecule has 2 fully saturated rings. The lowest BCUT2D eigenvalue weighted by atomic mass is 9.82. The summed E-state index contributed by atoms with van der Waals surface area (Å²) in [7, 11) is -3.39. The zero-order chi connectivity index (χ0) is 16.7. The molecular weight excluding hydrogens is 314 g/mol. The van der Waals surface area contributed by atoms with Gasteiger partial charge in [0, 0.05) is 23.9 Å². The van der Waals surface area contributed by atoms with Crippen molar-refractivity contribution in [2.24, 2.45) is 5.41 Å². The molecule has 2 heterocycles. The minimum atomic E-state index is -3.39. The van der Waals surface area contributed by atoms with Crippen LogP contribution >= 0.6 is 0 Å². The molecule has 3 rings (SSSR count). The van der Waals surface area contributed by atoms with Gasteiger partial charge in [0.2, 0.25) is 10.0 Å². The molecule has 1 aromatic rings. The standard InChI is InChI=1S/C17H23NO4S/c1-14-4-6-15(7-5-14)8-9-23(19,20)18-10-17(11-18)12-21-16(2,3)22-13-17/h4-9H,10-13H2,1-3H3. The van der Waals surface area contributed by atoms with Crippen molar-refractivity contribution in [2.75, 3.05) is 26.3 Å². The largest absolute Gasteiger partial charge is 0.350 e. The van der Waals surface area contributed by atoms with Crippen molar-refractivity contribution in [1.29, 1.82) is 0 Å². The van der Waals surface area contributed by atoms with Crippen LogP contribution in [0.3, 0.4) is 0 Å². The van der Waals surface area contributed by atoms with Crippen LogP contribution in [0.5, 0.6) is 0 Å².